The van der Waals surface area contributed by atoms with Crippen LogP contribution >= 0.6 is 11.3 Å². The molecule has 0 aromatic carbocycles. The van der Waals surface area contributed by atoms with Gasteiger partial charge in [0.1, 0.15) is 4.83 Å². The Labute approximate surface area is 79.8 Å². The zero-order valence-corrected chi connectivity index (χ0v) is 7.79. The van der Waals surface area contributed by atoms with E-state index in [1.807, 2.05) is 17.5 Å². The molecular weight excluding hydrogens is 184 g/mol. The van der Waals surface area contributed by atoms with Gasteiger partial charge in [-0.25, -0.2) is 4.98 Å². The van der Waals surface area contributed by atoms with Gasteiger partial charge in [-0.2, -0.15) is 0 Å². The predicted molar refractivity (Wildman–Crippen MR) is 53.6 cm³/mol. The van der Waals surface area contributed by atoms with Crippen LogP contribution in [0, 0.1) is 0 Å². The van der Waals surface area contributed by atoms with Crippen LogP contribution in [0.5, 0.6) is 0 Å². The maximum atomic E-state index is 9.57. The Morgan fingerprint density at radius 2 is 2.46 bits per heavy atom. The molecular formula is C9H10N2OS. The summed E-state index contributed by atoms with van der Waals surface area (Å²) in [6.07, 6.45) is 1.18. The second-order valence-electron chi connectivity index (χ2n) is 2.80. The fourth-order valence-corrected chi connectivity index (χ4v) is 2.23. The van der Waals surface area contributed by atoms with Gasteiger partial charge < -0.3 is 10.8 Å². The molecule has 2 aromatic rings. The number of pyridine rings is 1. The van der Waals surface area contributed by atoms with E-state index in [0.29, 0.717) is 0 Å². The van der Waals surface area contributed by atoms with Gasteiger partial charge in [-0.3, -0.25) is 0 Å². The molecule has 0 spiro atoms. The minimum absolute atomic E-state index is 0.251. The highest BCUT2D eigenvalue weighted by Gasteiger charge is 2.11. The van der Waals surface area contributed by atoms with Gasteiger partial charge in [0.2, 0.25) is 0 Å². The van der Waals surface area contributed by atoms with E-state index in [4.69, 9.17) is 5.73 Å². The van der Waals surface area contributed by atoms with Crippen molar-refractivity contribution in [1.29, 1.82) is 0 Å². The molecule has 0 saturated heterocycles. The molecule has 2 rings (SSSR count). The van der Waals surface area contributed by atoms with Crippen LogP contribution in [-0.2, 0) is 0 Å². The van der Waals surface area contributed by atoms with Gasteiger partial charge in [-0.15, -0.1) is 11.3 Å². The van der Waals surface area contributed by atoms with Crippen LogP contribution in [0.1, 0.15) is 11.7 Å². The van der Waals surface area contributed by atoms with Crippen molar-refractivity contribution >= 4 is 21.6 Å². The first-order valence-corrected chi connectivity index (χ1v) is 4.91. The molecule has 0 amide bonds. The van der Waals surface area contributed by atoms with E-state index in [1.165, 1.54) is 11.3 Å². The lowest BCUT2D eigenvalue weighted by Crippen LogP contribution is -2.10. The van der Waals surface area contributed by atoms with Gasteiger partial charge in [0.25, 0.3) is 0 Å². The molecule has 3 N–H and O–H groups in total. The molecule has 0 fully saturated rings. The van der Waals surface area contributed by atoms with E-state index >= 15 is 0 Å². The fraction of sp³-hybridized carbons (Fsp3) is 0.222. The van der Waals surface area contributed by atoms with Crippen LogP contribution in [0.4, 0.5) is 0 Å². The molecule has 0 aliphatic heterocycles. The molecule has 68 valence electrons. The molecule has 2 aromatic heterocycles. The SMILES string of the molecule is NC[C@H](O)c1csc2ncccc12. The smallest absolute Gasteiger partial charge is 0.123 e. The van der Waals surface area contributed by atoms with Crippen molar-refractivity contribution in [2.24, 2.45) is 5.73 Å². The number of hydrogen-bond donors (Lipinski definition) is 2. The Balaban J connectivity index is 2.57. The van der Waals surface area contributed by atoms with E-state index in [0.717, 1.165) is 15.8 Å². The highest BCUT2D eigenvalue weighted by molar-refractivity contribution is 7.16. The molecule has 0 bridgehead atoms. The lowest BCUT2D eigenvalue weighted by Gasteiger charge is -2.04. The van der Waals surface area contributed by atoms with E-state index in [9.17, 15) is 5.11 Å². The van der Waals surface area contributed by atoms with Crippen LogP contribution in [0.2, 0.25) is 0 Å². The second-order valence-corrected chi connectivity index (χ2v) is 3.66. The lowest BCUT2D eigenvalue weighted by molar-refractivity contribution is 0.188. The minimum Gasteiger partial charge on any atom is -0.387 e. The quantitative estimate of drug-likeness (QED) is 0.757. The van der Waals surface area contributed by atoms with Crippen LogP contribution in [0.15, 0.2) is 23.7 Å². The predicted octanol–water partition coefficient (Wildman–Crippen LogP) is 1.29. The average molecular weight is 194 g/mol. The number of nitrogens with zero attached hydrogens (tertiary/aromatic N) is 1. The Morgan fingerprint density at radius 1 is 1.62 bits per heavy atom. The Kier molecular flexibility index (Phi) is 2.26. The van der Waals surface area contributed by atoms with Crippen molar-refractivity contribution in [1.82, 2.24) is 4.98 Å². The molecule has 0 saturated carbocycles. The maximum Gasteiger partial charge on any atom is 0.123 e. The van der Waals surface area contributed by atoms with E-state index in [-0.39, 0.29) is 6.54 Å². The highest BCUT2D eigenvalue weighted by Crippen LogP contribution is 2.27. The van der Waals surface area contributed by atoms with E-state index < -0.39 is 6.10 Å². The summed E-state index contributed by atoms with van der Waals surface area (Å²) in [6, 6.07) is 3.81. The zero-order valence-electron chi connectivity index (χ0n) is 6.97. The third kappa shape index (κ3) is 1.44. The monoisotopic (exact) mass is 194 g/mol. The molecule has 0 unspecified atom stereocenters. The molecule has 3 nitrogen and oxygen atoms in total. The molecule has 0 aliphatic rings. The first kappa shape index (κ1) is 8.62. The average Bonchev–Trinajstić information content (AvgIpc) is 2.60. The molecule has 4 heteroatoms. The van der Waals surface area contributed by atoms with Crippen molar-refractivity contribution < 1.29 is 5.11 Å². The third-order valence-electron chi connectivity index (χ3n) is 1.96. The van der Waals surface area contributed by atoms with Gasteiger partial charge >= 0.3 is 0 Å². The number of nitrogens with two attached hydrogens (primary N) is 1. The van der Waals surface area contributed by atoms with Gasteiger partial charge in [-0.05, 0) is 11.4 Å². The lowest BCUT2D eigenvalue weighted by atomic mass is 10.1. The summed E-state index contributed by atoms with van der Waals surface area (Å²) in [4.78, 5) is 5.13. The Morgan fingerprint density at radius 3 is 3.23 bits per heavy atom. The summed E-state index contributed by atoms with van der Waals surface area (Å²) in [5, 5.41) is 12.5. The standard InChI is InChI=1S/C9H10N2OS/c10-4-8(12)7-5-13-9-6(7)2-1-3-11-9/h1-3,5,8,12H,4,10H2/t8-/m0/s1. The number of hydrogen-bond acceptors (Lipinski definition) is 4. The summed E-state index contributed by atoms with van der Waals surface area (Å²) >= 11 is 1.53. The van der Waals surface area contributed by atoms with Gasteiger partial charge in [0.05, 0.1) is 6.10 Å². The minimum atomic E-state index is -0.571. The van der Waals surface area contributed by atoms with Crippen LogP contribution < -0.4 is 5.73 Å². The number of thiophene rings is 1. The summed E-state index contributed by atoms with van der Waals surface area (Å²) in [6.45, 7) is 0.251. The van der Waals surface area contributed by atoms with Gasteiger partial charge in [0, 0.05) is 23.7 Å². The topological polar surface area (TPSA) is 59.1 Å². The molecule has 0 aliphatic carbocycles. The van der Waals surface area contributed by atoms with Crippen molar-refractivity contribution in [3.63, 3.8) is 0 Å². The molecule has 13 heavy (non-hydrogen) atoms. The van der Waals surface area contributed by atoms with Gasteiger partial charge in [0.15, 0.2) is 0 Å². The van der Waals surface area contributed by atoms with Crippen molar-refractivity contribution in [2.45, 2.75) is 6.10 Å². The molecule has 1 atom stereocenters. The summed E-state index contributed by atoms with van der Waals surface area (Å²) in [5.74, 6) is 0. The molecule has 0 radical (unpaired) electrons. The summed E-state index contributed by atoms with van der Waals surface area (Å²) in [5.41, 5.74) is 6.27. The number of rotatable bonds is 2. The normalized spacial score (nSPS) is 13.4. The van der Waals surface area contributed by atoms with Crippen LogP contribution in [0.25, 0.3) is 10.2 Å². The van der Waals surface area contributed by atoms with Gasteiger partial charge in [-0.1, -0.05) is 6.07 Å². The highest BCUT2D eigenvalue weighted by atomic mass is 32.1. The van der Waals surface area contributed by atoms with E-state index in [2.05, 4.69) is 4.98 Å². The number of aromatic nitrogens is 1. The summed E-state index contributed by atoms with van der Waals surface area (Å²) in [7, 11) is 0. The van der Waals surface area contributed by atoms with Crippen LogP contribution in [-0.4, -0.2) is 16.6 Å². The number of fused-ring (bicyclic) bond motifs is 1. The largest absolute Gasteiger partial charge is 0.387 e. The maximum absolute atomic E-state index is 9.57. The summed E-state index contributed by atoms with van der Waals surface area (Å²) < 4.78 is 0. The van der Waals surface area contributed by atoms with E-state index in [1.54, 1.807) is 6.20 Å². The third-order valence-corrected chi connectivity index (χ3v) is 2.88. The van der Waals surface area contributed by atoms with Crippen molar-refractivity contribution in [2.75, 3.05) is 6.54 Å². The number of aliphatic hydroxyl groups excluding tert-OH is 1. The second kappa shape index (κ2) is 3.41. The first-order chi connectivity index (χ1) is 6.33. The fourth-order valence-electron chi connectivity index (χ4n) is 1.27. The molecule has 2 heterocycles. The van der Waals surface area contributed by atoms with Crippen LogP contribution in [0.3, 0.4) is 0 Å². The van der Waals surface area contributed by atoms with Crippen molar-refractivity contribution in [3.05, 3.63) is 29.3 Å². The Hall–Kier alpha value is -0.970. The zero-order chi connectivity index (χ0) is 9.26. The number of aliphatic hydroxyl groups is 1. The van der Waals surface area contributed by atoms with Crippen molar-refractivity contribution in [3.8, 4) is 0 Å². The Bertz CT molecular complexity index is 413. The first-order valence-electron chi connectivity index (χ1n) is 4.03.